The van der Waals surface area contributed by atoms with Gasteiger partial charge in [0.25, 0.3) is 5.91 Å². The second-order valence-corrected chi connectivity index (χ2v) is 7.36. The molecular formula is C23H23FN4O2. The molecule has 1 aliphatic heterocycles. The van der Waals surface area contributed by atoms with Crippen LogP contribution in [0.25, 0.3) is 11.1 Å². The molecule has 2 aromatic heterocycles. The molecule has 4 rings (SSSR count). The summed E-state index contributed by atoms with van der Waals surface area (Å²) >= 11 is 0. The SMILES string of the molecule is Nc1ccc(-c2ccc(C3CCCN(C(=O)COc4ccc(F)cc4)C3)nc2)cn1. The van der Waals surface area contributed by atoms with Crippen molar-refractivity contribution in [3.05, 3.63) is 72.4 Å². The number of rotatable bonds is 5. The van der Waals surface area contributed by atoms with Crippen LogP contribution in [-0.2, 0) is 4.79 Å². The normalized spacial score (nSPS) is 16.3. The van der Waals surface area contributed by atoms with Crippen LogP contribution in [0.15, 0.2) is 60.9 Å². The Hall–Kier alpha value is -3.48. The van der Waals surface area contributed by atoms with E-state index in [1.807, 2.05) is 29.3 Å². The van der Waals surface area contributed by atoms with Gasteiger partial charge in [0.2, 0.25) is 0 Å². The molecule has 0 radical (unpaired) electrons. The van der Waals surface area contributed by atoms with E-state index in [9.17, 15) is 9.18 Å². The Kier molecular flexibility index (Phi) is 5.88. The molecule has 3 heterocycles. The minimum Gasteiger partial charge on any atom is -0.484 e. The number of piperidine rings is 1. The number of anilines is 1. The summed E-state index contributed by atoms with van der Waals surface area (Å²) < 4.78 is 18.5. The maximum atomic E-state index is 13.0. The van der Waals surface area contributed by atoms with Crippen molar-refractivity contribution in [3.8, 4) is 16.9 Å². The predicted octanol–water partition coefficient (Wildman–Crippen LogP) is 3.65. The Balaban J connectivity index is 1.36. The van der Waals surface area contributed by atoms with Crippen LogP contribution in [0.5, 0.6) is 5.75 Å². The molecule has 1 unspecified atom stereocenters. The zero-order chi connectivity index (χ0) is 20.9. The molecule has 0 aliphatic carbocycles. The lowest BCUT2D eigenvalue weighted by molar-refractivity contribution is -0.134. The van der Waals surface area contributed by atoms with Crippen LogP contribution in [0, 0.1) is 5.82 Å². The number of nitrogen functional groups attached to an aromatic ring is 1. The number of aromatic nitrogens is 2. The van der Waals surface area contributed by atoms with E-state index < -0.39 is 0 Å². The third-order valence-corrected chi connectivity index (χ3v) is 5.27. The highest BCUT2D eigenvalue weighted by Crippen LogP contribution is 2.27. The number of nitrogens with zero attached hydrogens (tertiary/aromatic N) is 3. The first-order chi connectivity index (χ1) is 14.6. The van der Waals surface area contributed by atoms with E-state index in [1.165, 1.54) is 24.3 Å². The summed E-state index contributed by atoms with van der Waals surface area (Å²) in [5, 5.41) is 0. The maximum Gasteiger partial charge on any atom is 0.260 e. The van der Waals surface area contributed by atoms with Crippen molar-refractivity contribution in [1.82, 2.24) is 14.9 Å². The lowest BCUT2D eigenvalue weighted by Gasteiger charge is -2.32. The van der Waals surface area contributed by atoms with Crippen LogP contribution < -0.4 is 10.5 Å². The van der Waals surface area contributed by atoms with Crippen molar-refractivity contribution < 1.29 is 13.9 Å². The smallest absolute Gasteiger partial charge is 0.260 e. The predicted molar refractivity (Wildman–Crippen MR) is 112 cm³/mol. The Morgan fingerprint density at radius 2 is 1.80 bits per heavy atom. The first-order valence-corrected chi connectivity index (χ1v) is 9.92. The molecule has 3 aromatic rings. The minimum atomic E-state index is -0.335. The maximum absolute atomic E-state index is 13.0. The van der Waals surface area contributed by atoms with Gasteiger partial charge in [-0.3, -0.25) is 9.78 Å². The monoisotopic (exact) mass is 406 g/mol. The van der Waals surface area contributed by atoms with E-state index in [2.05, 4.69) is 9.97 Å². The lowest BCUT2D eigenvalue weighted by Crippen LogP contribution is -2.41. The standard InChI is InChI=1S/C23H23FN4O2/c24-19-5-7-20(8-6-19)30-15-23(29)28-11-1-2-18(14-28)21-9-3-16(12-26-21)17-4-10-22(25)27-13-17/h3-10,12-13,18H,1-2,11,14-15H2,(H2,25,27). The summed E-state index contributed by atoms with van der Waals surface area (Å²) in [5.74, 6) is 0.742. The summed E-state index contributed by atoms with van der Waals surface area (Å²) in [4.78, 5) is 23.1. The zero-order valence-corrected chi connectivity index (χ0v) is 16.5. The van der Waals surface area contributed by atoms with Gasteiger partial charge < -0.3 is 15.4 Å². The van der Waals surface area contributed by atoms with Crippen LogP contribution in [0.1, 0.15) is 24.5 Å². The van der Waals surface area contributed by atoms with Crippen LogP contribution in [-0.4, -0.2) is 40.5 Å². The van der Waals surface area contributed by atoms with Gasteiger partial charge in [0.15, 0.2) is 6.61 Å². The number of hydrogen-bond acceptors (Lipinski definition) is 5. The van der Waals surface area contributed by atoms with E-state index in [1.54, 1.807) is 12.3 Å². The van der Waals surface area contributed by atoms with Crippen molar-refractivity contribution in [3.63, 3.8) is 0 Å². The van der Waals surface area contributed by atoms with Gasteiger partial charge in [-0.05, 0) is 55.3 Å². The van der Waals surface area contributed by atoms with Gasteiger partial charge in [0.05, 0.1) is 0 Å². The summed E-state index contributed by atoms with van der Waals surface area (Å²) in [6.07, 6.45) is 5.46. The van der Waals surface area contributed by atoms with E-state index >= 15 is 0 Å². The number of likely N-dealkylation sites (tertiary alicyclic amines) is 1. The number of amides is 1. The number of carbonyl (C=O) groups excluding carboxylic acids is 1. The Morgan fingerprint density at radius 1 is 1.07 bits per heavy atom. The summed E-state index contributed by atoms with van der Waals surface area (Å²) in [6.45, 7) is 1.26. The summed E-state index contributed by atoms with van der Waals surface area (Å²) in [6, 6.07) is 13.4. The molecule has 1 aliphatic rings. The molecule has 6 nitrogen and oxygen atoms in total. The van der Waals surface area contributed by atoms with Crippen molar-refractivity contribution in [1.29, 1.82) is 0 Å². The number of hydrogen-bond donors (Lipinski definition) is 1. The summed E-state index contributed by atoms with van der Waals surface area (Å²) in [5.41, 5.74) is 8.55. The molecule has 1 atom stereocenters. The van der Waals surface area contributed by atoms with Gasteiger partial charge in [0, 0.05) is 48.2 Å². The second kappa shape index (κ2) is 8.90. The number of pyridine rings is 2. The minimum absolute atomic E-state index is 0.0607. The topological polar surface area (TPSA) is 81.3 Å². The average molecular weight is 406 g/mol. The molecule has 1 fully saturated rings. The van der Waals surface area contributed by atoms with E-state index in [-0.39, 0.29) is 24.2 Å². The Bertz CT molecular complexity index is 991. The lowest BCUT2D eigenvalue weighted by atomic mass is 9.93. The fourth-order valence-corrected chi connectivity index (χ4v) is 3.61. The van der Waals surface area contributed by atoms with Gasteiger partial charge in [0.1, 0.15) is 17.4 Å². The third-order valence-electron chi connectivity index (χ3n) is 5.27. The molecule has 1 saturated heterocycles. The average Bonchev–Trinajstić information content (AvgIpc) is 2.79. The molecule has 7 heteroatoms. The molecule has 30 heavy (non-hydrogen) atoms. The number of nitrogens with two attached hydrogens (primary N) is 1. The van der Waals surface area contributed by atoms with Gasteiger partial charge >= 0.3 is 0 Å². The Labute approximate surface area is 174 Å². The van der Waals surface area contributed by atoms with E-state index in [0.717, 1.165) is 29.7 Å². The second-order valence-electron chi connectivity index (χ2n) is 7.36. The quantitative estimate of drug-likeness (QED) is 0.700. The molecule has 0 spiro atoms. The zero-order valence-electron chi connectivity index (χ0n) is 16.5. The van der Waals surface area contributed by atoms with Crippen molar-refractivity contribution in [2.45, 2.75) is 18.8 Å². The van der Waals surface area contributed by atoms with Gasteiger partial charge in [-0.25, -0.2) is 9.37 Å². The van der Waals surface area contributed by atoms with Crippen LogP contribution in [0.4, 0.5) is 10.2 Å². The van der Waals surface area contributed by atoms with Crippen molar-refractivity contribution in [2.75, 3.05) is 25.4 Å². The highest BCUT2D eigenvalue weighted by Gasteiger charge is 2.25. The third kappa shape index (κ3) is 4.74. The largest absolute Gasteiger partial charge is 0.484 e. The van der Waals surface area contributed by atoms with Gasteiger partial charge in [-0.15, -0.1) is 0 Å². The number of halogens is 1. The fraction of sp³-hybridized carbons (Fsp3) is 0.261. The fourth-order valence-electron chi connectivity index (χ4n) is 3.61. The van der Waals surface area contributed by atoms with Crippen LogP contribution in [0.3, 0.4) is 0 Å². The van der Waals surface area contributed by atoms with Gasteiger partial charge in [-0.1, -0.05) is 6.07 Å². The van der Waals surface area contributed by atoms with Gasteiger partial charge in [-0.2, -0.15) is 0 Å². The highest BCUT2D eigenvalue weighted by atomic mass is 19.1. The molecule has 154 valence electrons. The molecule has 0 bridgehead atoms. The molecule has 1 aromatic carbocycles. The first kappa shape index (κ1) is 19.8. The number of benzene rings is 1. The molecule has 2 N–H and O–H groups in total. The number of ether oxygens (including phenoxy) is 1. The molecule has 1 amide bonds. The number of carbonyl (C=O) groups is 1. The highest BCUT2D eigenvalue weighted by molar-refractivity contribution is 5.78. The molecular weight excluding hydrogens is 383 g/mol. The van der Waals surface area contributed by atoms with Crippen LogP contribution >= 0.6 is 0 Å². The van der Waals surface area contributed by atoms with E-state index in [4.69, 9.17) is 10.5 Å². The summed E-state index contributed by atoms with van der Waals surface area (Å²) in [7, 11) is 0. The first-order valence-electron chi connectivity index (χ1n) is 9.92. The molecule has 0 saturated carbocycles. The van der Waals surface area contributed by atoms with Crippen molar-refractivity contribution >= 4 is 11.7 Å². The van der Waals surface area contributed by atoms with Crippen LogP contribution in [0.2, 0.25) is 0 Å². The van der Waals surface area contributed by atoms with Crippen molar-refractivity contribution in [2.24, 2.45) is 0 Å². The Morgan fingerprint density at radius 3 is 2.47 bits per heavy atom. The van der Waals surface area contributed by atoms with E-state index in [0.29, 0.717) is 24.7 Å².